The van der Waals surface area contributed by atoms with Crippen LogP contribution in [0, 0.1) is 6.92 Å². The second kappa shape index (κ2) is 6.96. The van der Waals surface area contributed by atoms with Gasteiger partial charge in [-0.25, -0.2) is 0 Å². The number of benzene rings is 1. The van der Waals surface area contributed by atoms with E-state index >= 15 is 0 Å². The molecule has 0 bridgehead atoms. The molecule has 2 fully saturated rings. The van der Waals surface area contributed by atoms with Crippen LogP contribution >= 0.6 is 11.5 Å². The Morgan fingerprint density at radius 1 is 1.23 bits per heavy atom. The fourth-order valence-electron chi connectivity index (χ4n) is 3.97. The average molecular weight is 372 g/mol. The van der Waals surface area contributed by atoms with Crippen LogP contribution in [0.25, 0.3) is 10.1 Å². The Morgan fingerprint density at radius 2 is 2.00 bits per heavy atom. The SMILES string of the molecule is Cc1ccc2snc(C(=O)NC3CCN([C@@H]4CCN(C)C4=O)CC3)c2c1. The Hall–Kier alpha value is -1.99. The van der Waals surface area contributed by atoms with Crippen LogP contribution in [0.4, 0.5) is 0 Å². The van der Waals surface area contributed by atoms with Crippen molar-refractivity contribution in [3.8, 4) is 0 Å². The molecule has 2 aliphatic rings. The minimum Gasteiger partial charge on any atom is -0.348 e. The van der Waals surface area contributed by atoms with Gasteiger partial charge in [0.1, 0.15) is 5.69 Å². The van der Waals surface area contributed by atoms with E-state index in [0.717, 1.165) is 54.5 Å². The molecule has 2 aromatic rings. The van der Waals surface area contributed by atoms with E-state index in [-0.39, 0.29) is 23.9 Å². The highest BCUT2D eigenvalue weighted by Crippen LogP contribution is 2.25. The quantitative estimate of drug-likeness (QED) is 0.895. The van der Waals surface area contributed by atoms with Crippen LogP contribution in [0.3, 0.4) is 0 Å². The number of fused-ring (bicyclic) bond motifs is 1. The standard InChI is InChI=1S/C19H24N4O2S/c1-12-3-4-16-14(11-12)17(21-26-16)18(24)20-13-5-9-23(10-6-13)15-7-8-22(2)19(15)25/h3-4,11,13,15H,5-10H2,1-2H3,(H,20,24)/t15-/m1/s1. The molecule has 1 N–H and O–H groups in total. The van der Waals surface area contributed by atoms with Crippen LogP contribution < -0.4 is 5.32 Å². The van der Waals surface area contributed by atoms with Crippen LogP contribution in [0.15, 0.2) is 18.2 Å². The van der Waals surface area contributed by atoms with Gasteiger partial charge in [0.05, 0.1) is 10.7 Å². The predicted octanol–water partition coefficient (Wildman–Crippen LogP) is 2.03. The van der Waals surface area contributed by atoms with Crippen molar-refractivity contribution in [1.29, 1.82) is 0 Å². The third-order valence-electron chi connectivity index (χ3n) is 5.55. The number of carbonyl (C=O) groups excluding carboxylic acids is 2. The average Bonchev–Trinajstić information content (AvgIpc) is 3.19. The predicted molar refractivity (Wildman–Crippen MR) is 102 cm³/mol. The van der Waals surface area contributed by atoms with E-state index in [9.17, 15) is 9.59 Å². The van der Waals surface area contributed by atoms with Crippen LogP contribution in [-0.2, 0) is 4.79 Å². The number of hydrogen-bond donors (Lipinski definition) is 1. The van der Waals surface area contributed by atoms with Crippen molar-refractivity contribution in [3.05, 3.63) is 29.5 Å². The molecule has 2 aliphatic heterocycles. The van der Waals surface area contributed by atoms with Crippen molar-refractivity contribution in [2.45, 2.75) is 38.3 Å². The van der Waals surface area contributed by atoms with Crippen LogP contribution in [0.1, 0.15) is 35.3 Å². The summed E-state index contributed by atoms with van der Waals surface area (Å²) in [7, 11) is 1.87. The lowest BCUT2D eigenvalue weighted by atomic mass is 10.0. The van der Waals surface area contributed by atoms with E-state index in [4.69, 9.17) is 0 Å². The topological polar surface area (TPSA) is 65.5 Å². The van der Waals surface area contributed by atoms with Crippen LogP contribution in [0.5, 0.6) is 0 Å². The Labute approximate surface area is 157 Å². The maximum absolute atomic E-state index is 12.7. The van der Waals surface area contributed by atoms with Gasteiger partial charge >= 0.3 is 0 Å². The Bertz CT molecular complexity index is 841. The summed E-state index contributed by atoms with van der Waals surface area (Å²) >= 11 is 1.37. The number of nitrogens with one attached hydrogen (secondary N) is 1. The molecule has 26 heavy (non-hydrogen) atoms. The number of nitrogens with zero attached hydrogens (tertiary/aromatic N) is 3. The number of carbonyl (C=O) groups is 2. The summed E-state index contributed by atoms with van der Waals surface area (Å²) in [6.45, 7) is 4.57. The lowest BCUT2D eigenvalue weighted by Crippen LogP contribution is -2.50. The first kappa shape index (κ1) is 17.4. The fraction of sp³-hybridized carbons (Fsp3) is 0.526. The molecular weight excluding hydrogens is 348 g/mol. The summed E-state index contributed by atoms with van der Waals surface area (Å²) in [5.74, 6) is 0.147. The number of likely N-dealkylation sites (N-methyl/N-ethyl adjacent to an activating group) is 1. The van der Waals surface area contributed by atoms with Gasteiger partial charge in [0.2, 0.25) is 5.91 Å². The Kier molecular flexibility index (Phi) is 4.67. The summed E-state index contributed by atoms with van der Waals surface area (Å²) in [5, 5.41) is 4.08. The Morgan fingerprint density at radius 3 is 2.69 bits per heavy atom. The first-order valence-electron chi connectivity index (χ1n) is 9.19. The summed E-state index contributed by atoms with van der Waals surface area (Å²) in [6.07, 6.45) is 2.66. The number of likely N-dealkylation sites (tertiary alicyclic amines) is 2. The molecule has 3 heterocycles. The van der Waals surface area contributed by atoms with Crippen molar-refractivity contribution in [2.24, 2.45) is 0 Å². The van der Waals surface area contributed by atoms with Gasteiger partial charge in [-0.2, -0.15) is 4.37 Å². The summed E-state index contributed by atoms with van der Waals surface area (Å²) in [4.78, 5) is 29.0. The molecule has 0 unspecified atom stereocenters. The number of piperidine rings is 1. The minimum atomic E-state index is -0.0861. The zero-order valence-electron chi connectivity index (χ0n) is 15.2. The molecular formula is C19H24N4O2S. The zero-order valence-corrected chi connectivity index (χ0v) is 16.0. The second-order valence-corrected chi connectivity index (χ2v) is 8.18. The van der Waals surface area contributed by atoms with Crippen LogP contribution in [-0.4, -0.2) is 64.8 Å². The largest absolute Gasteiger partial charge is 0.348 e. The maximum atomic E-state index is 12.7. The first-order valence-corrected chi connectivity index (χ1v) is 9.96. The molecule has 0 radical (unpaired) electrons. The molecule has 2 saturated heterocycles. The Balaban J connectivity index is 1.37. The van der Waals surface area contributed by atoms with E-state index in [1.165, 1.54) is 11.5 Å². The summed E-state index contributed by atoms with van der Waals surface area (Å²) in [5.41, 5.74) is 1.66. The van der Waals surface area contributed by atoms with Gasteiger partial charge in [-0.1, -0.05) is 11.6 Å². The molecule has 2 amide bonds. The number of rotatable bonds is 3. The summed E-state index contributed by atoms with van der Waals surface area (Å²) < 4.78 is 5.41. The first-order chi connectivity index (χ1) is 12.5. The van der Waals surface area contributed by atoms with Gasteiger partial charge in [-0.05, 0) is 49.9 Å². The molecule has 0 saturated carbocycles. The van der Waals surface area contributed by atoms with E-state index in [1.54, 1.807) is 0 Å². The van der Waals surface area contributed by atoms with Gasteiger partial charge in [0.15, 0.2) is 0 Å². The molecule has 1 aromatic heterocycles. The monoisotopic (exact) mass is 372 g/mol. The van der Waals surface area contributed by atoms with Crippen LogP contribution in [0.2, 0.25) is 0 Å². The van der Waals surface area contributed by atoms with Gasteiger partial charge in [0.25, 0.3) is 5.91 Å². The number of amides is 2. The lowest BCUT2D eigenvalue weighted by molar-refractivity contribution is -0.131. The minimum absolute atomic E-state index is 0.0297. The number of aryl methyl sites for hydroxylation is 1. The molecule has 7 heteroatoms. The van der Waals surface area contributed by atoms with Crippen molar-refractivity contribution < 1.29 is 9.59 Å². The molecule has 0 spiro atoms. The highest BCUT2D eigenvalue weighted by molar-refractivity contribution is 7.13. The second-order valence-electron chi connectivity index (χ2n) is 7.38. The molecule has 6 nitrogen and oxygen atoms in total. The molecule has 1 aromatic carbocycles. The van der Waals surface area contributed by atoms with Crippen molar-refractivity contribution >= 4 is 33.4 Å². The normalized spacial score (nSPS) is 22.3. The zero-order chi connectivity index (χ0) is 18.3. The number of aromatic nitrogens is 1. The summed E-state index contributed by atoms with van der Waals surface area (Å²) in [6, 6.07) is 6.27. The van der Waals surface area contributed by atoms with Crippen molar-refractivity contribution in [3.63, 3.8) is 0 Å². The third-order valence-corrected chi connectivity index (χ3v) is 6.37. The van der Waals surface area contributed by atoms with Gasteiger partial charge in [-0.15, -0.1) is 0 Å². The number of hydrogen-bond acceptors (Lipinski definition) is 5. The highest BCUT2D eigenvalue weighted by Gasteiger charge is 2.36. The fourth-order valence-corrected chi connectivity index (χ4v) is 4.72. The van der Waals surface area contributed by atoms with Gasteiger partial charge in [-0.3, -0.25) is 14.5 Å². The highest BCUT2D eigenvalue weighted by atomic mass is 32.1. The molecule has 4 rings (SSSR count). The van der Waals surface area contributed by atoms with Gasteiger partial charge in [0, 0.05) is 38.1 Å². The smallest absolute Gasteiger partial charge is 0.271 e. The lowest BCUT2D eigenvalue weighted by Gasteiger charge is -2.35. The van der Waals surface area contributed by atoms with Crippen molar-refractivity contribution in [1.82, 2.24) is 19.5 Å². The molecule has 138 valence electrons. The maximum Gasteiger partial charge on any atom is 0.271 e. The van der Waals surface area contributed by atoms with Gasteiger partial charge < -0.3 is 10.2 Å². The molecule has 0 aliphatic carbocycles. The van der Waals surface area contributed by atoms with E-state index in [1.807, 2.05) is 37.1 Å². The van der Waals surface area contributed by atoms with E-state index in [0.29, 0.717) is 5.69 Å². The molecule has 1 atom stereocenters. The van der Waals surface area contributed by atoms with E-state index < -0.39 is 0 Å². The van der Waals surface area contributed by atoms with Crippen molar-refractivity contribution in [2.75, 3.05) is 26.7 Å². The third kappa shape index (κ3) is 3.21. The van der Waals surface area contributed by atoms with E-state index in [2.05, 4.69) is 14.6 Å².